The first-order chi connectivity index (χ1) is 8.66. The second kappa shape index (κ2) is 5.11. The van der Waals surface area contributed by atoms with Crippen LogP contribution < -0.4 is 0 Å². The number of halogens is 1. The summed E-state index contributed by atoms with van der Waals surface area (Å²) in [6.07, 6.45) is 0. The molecule has 0 heterocycles. The van der Waals surface area contributed by atoms with Crippen LogP contribution in [0, 0.1) is 27.8 Å². The van der Waals surface area contributed by atoms with Gasteiger partial charge in [-0.05, 0) is 24.3 Å². The van der Waals surface area contributed by atoms with Gasteiger partial charge in [-0.15, -0.1) is 0 Å². The molecule has 0 N–H and O–H groups in total. The zero-order chi connectivity index (χ0) is 13.0. The SMILES string of the molecule is O=[N+]([O-])c1ccc(C#Cc2ccccc2F)cc1. The normalized spacial score (nSPS) is 9.39. The van der Waals surface area contributed by atoms with Crippen molar-refractivity contribution in [1.29, 1.82) is 0 Å². The minimum Gasteiger partial charge on any atom is -0.258 e. The van der Waals surface area contributed by atoms with Gasteiger partial charge in [0, 0.05) is 17.7 Å². The molecule has 0 aliphatic carbocycles. The maximum absolute atomic E-state index is 13.3. The van der Waals surface area contributed by atoms with Gasteiger partial charge in [-0.2, -0.15) is 0 Å². The van der Waals surface area contributed by atoms with Crippen molar-refractivity contribution in [3.8, 4) is 11.8 Å². The van der Waals surface area contributed by atoms with Gasteiger partial charge in [0.1, 0.15) is 5.82 Å². The van der Waals surface area contributed by atoms with Gasteiger partial charge in [-0.3, -0.25) is 10.1 Å². The number of nitro groups is 1. The van der Waals surface area contributed by atoms with Crippen LogP contribution in [0.3, 0.4) is 0 Å². The first kappa shape index (κ1) is 11.8. The molecule has 0 fully saturated rings. The third kappa shape index (κ3) is 2.71. The highest BCUT2D eigenvalue weighted by molar-refractivity contribution is 5.45. The fourth-order valence-electron chi connectivity index (χ4n) is 1.37. The van der Waals surface area contributed by atoms with Crippen molar-refractivity contribution >= 4 is 5.69 Å². The Morgan fingerprint density at radius 2 is 1.67 bits per heavy atom. The Morgan fingerprint density at radius 1 is 1.00 bits per heavy atom. The zero-order valence-electron chi connectivity index (χ0n) is 9.26. The molecule has 0 aromatic heterocycles. The van der Waals surface area contributed by atoms with Crippen LogP contribution in [-0.2, 0) is 0 Å². The lowest BCUT2D eigenvalue weighted by molar-refractivity contribution is -0.384. The highest BCUT2D eigenvalue weighted by atomic mass is 19.1. The van der Waals surface area contributed by atoms with Gasteiger partial charge < -0.3 is 0 Å². The fraction of sp³-hybridized carbons (Fsp3) is 0. The van der Waals surface area contributed by atoms with Crippen LogP contribution in [0.4, 0.5) is 10.1 Å². The highest BCUT2D eigenvalue weighted by Crippen LogP contribution is 2.11. The molecule has 0 spiro atoms. The summed E-state index contributed by atoms with van der Waals surface area (Å²) < 4.78 is 13.3. The Kier molecular flexibility index (Phi) is 3.35. The van der Waals surface area contributed by atoms with E-state index in [1.807, 2.05) is 0 Å². The third-order valence-electron chi connectivity index (χ3n) is 2.29. The molecule has 0 aliphatic heterocycles. The molecule has 88 valence electrons. The van der Waals surface area contributed by atoms with Crippen molar-refractivity contribution in [3.63, 3.8) is 0 Å². The zero-order valence-corrected chi connectivity index (χ0v) is 9.26. The van der Waals surface area contributed by atoms with E-state index in [2.05, 4.69) is 11.8 Å². The van der Waals surface area contributed by atoms with Crippen LogP contribution >= 0.6 is 0 Å². The first-order valence-corrected chi connectivity index (χ1v) is 5.18. The number of benzene rings is 2. The molecule has 0 saturated carbocycles. The molecule has 4 heteroatoms. The minimum absolute atomic E-state index is 0.00596. The molecule has 2 aromatic carbocycles. The van der Waals surface area contributed by atoms with Crippen LogP contribution in [0.1, 0.15) is 11.1 Å². The second-order valence-corrected chi connectivity index (χ2v) is 3.53. The minimum atomic E-state index is -0.478. The molecule has 0 aliphatic rings. The Morgan fingerprint density at radius 3 is 2.28 bits per heavy atom. The first-order valence-electron chi connectivity index (χ1n) is 5.18. The number of rotatable bonds is 1. The van der Waals surface area contributed by atoms with Crippen molar-refractivity contribution in [3.05, 3.63) is 75.6 Å². The fourth-order valence-corrected chi connectivity index (χ4v) is 1.37. The van der Waals surface area contributed by atoms with E-state index in [0.717, 1.165) is 0 Å². The van der Waals surface area contributed by atoms with Gasteiger partial charge in [0.2, 0.25) is 0 Å². The van der Waals surface area contributed by atoms with Gasteiger partial charge in [0.05, 0.1) is 10.5 Å². The molecule has 0 radical (unpaired) electrons. The van der Waals surface area contributed by atoms with E-state index >= 15 is 0 Å². The topological polar surface area (TPSA) is 43.1 Å². The van der Waals surface area contributed by atoms with E-state index in [9.17, 15) is 14.5 Å². The standard InChI is InChI=1S/C14H8FNO2/c15-14-4-2-1-3-12(14)8-5-11-6-9-13(10-7-11)16(17)18/h1-4,6-7,9-10H. The second-order valence-electron chi connectivity index (χ2n) is 3.53. The maximum Gasteiger partial charge on any atom is 0.269 e. The average molecular weight is 241 g/mol. The van der Waals surface area contributed by atoms with Crippen LogP contribution in [-0.4, -0.2) is 4.92 Å². The average Bonchev–Trinajstić information content (AvgIpc) is 2.38. The Hall–Kier alpha value is -2.67. The number of nitro benzene ring substituents is 1. The molecule has 0 atom stereocenters. The van der Waals surface area contributed by atoms with E-state index < -0.39 is 4.92 Å². The Bertz CT molecular complexity index is 639. The van der Waals surface area contributed by atoms with Crippen LogP contribution in [0.15, 0.2) is 48.5 Å². The van der Waals surface area contributed by atoms with Crippen LogP contribution in [0.5, 0.6) is 0 Å². The number of nitrogens with zero attached hydrogens (tertiary/aromatic N) is 1. The van der Waals surface area contributed by atoms with Crippen molar-refractivity contribution in [1.82, 2.24) is 0 Å². The van der Waals surface area contributed by atoms with Crippen molar-refractivity contribution in [2.24, 2.45) is 0 Å². The summed E-state index contributed by atoms with van der Waals surface area (Å²) in [7, 11) is 0. The van der Waals surface area contributed by atoms with E-state index in [-0.39, 0.29) is 11.5 Å². The molecular weight excluding hydrogens is 233 g/mol. The molecule has 2 rings (SSSR count). The summed E-state index contributed by atoms with van der Waals surface area (Å²) in [5.41, 5.74) is 0.908. The lowest BCUT2D eigenvalue weighted by Gasteiger charge is -1.93. The van der Waals surface area contributed by atoms with Gasteiger partial charge >= 0.3 is 0 Å². The monoisotopic (exact) mass is 241 g/mol. The quantitative estimate of drug-likeness (QED) is 0.437. The van der Waals surface area contributed by atoms with Crippen molar-refractivity contribution in [2.75, 3.05) is 0 Å². The molecule has 0 amide bonds. The van der Waals surface area contributed by atoms with Crippen LogP contribution in [0.25, 0.3) is 0 Å². The molecular formula is C14H8FNO2. The van der Waals surface area contributed by atoms with Crippen molar-refractivity contribution < 1.29 is 9.31 Å². The van der Waals surface area contributed by atoms with E-state index in [1.54, 1.807) is 18.2 Å². The summed E-state index contributed by atoms with van der Waals surface area (Å²) in [6.45, 7) is 0. The summed E-state index contributed by atoms with van der Waals surface area (Å²) in [4.78, 5) is 9.98. The molecule has 2 aromatic rings. The van der Waals surface area contributed by atoms with Crippen molar-refractivity contribution in [2.45, 2.75) is 0 Å². The van der Waals surface area contributed by atoms with Gasteiger partial charge in [-0.25, -0.2) is 4.39 Å². The van der Waals surface area contributed by atoms with E-state index in [0.29, 0.717) is 11.1 Å². The van der Waals surface area contributed by atoms with Crippen LogP contribution in [0.2, 0.25) is 0 Å². The predicted molar refractivity (Wildman–Crippen MR) is 65.5 cm³/mol. The number of hydrogen-bond acceptors (Lipinski definition) is 2. The lowest BCUT2D eigenvalue weighted by Crippen LogP contribution is -1.87. The van der Waals surface area contributed by atoms with Gasteiger partial charge in [-0.1, -0.05) is 24.0 Å². The summed E-state index contributed by atoms with van der Waals surface area (Å²) in [5.74, 6) is 5.06. The molecule has 3 nitrogen and oxygen atoms in total. The van der Waals surface area contributed by atoms with E-state index in [1.165, 1.54) is 30.3 Å². The molecule has 0 saturated heterocycles. The number of non-ortho nitro benzene ring substituents is 1. The lowest BCUT2D eigenvalue weighted by atomic mass is 10.1. The maximum atomic E-state index is 13.3. The smallest absolute Gasteiger partial charge is 0.258 e. The number of hydrogen-bond donors (Lipinski definition) is 0. The van der Waals surface area contributed by atoms with E-state index in [4.69, 9.17) is 0 Å². The summed E-state index contributed by atoms with van der Waals surface area (Å²) in [6, 6.07) is 12.0. The van der Waals surface area contributed by atoms with Gasteiger partial charge in [0.15, 0.2) is 0 Å². The summed E-state index contributed by atoms with van der Waals surface area (Å²) >= 11 is 0. The molecule has 18 heavy (non-hydrogen) atoms. The third-order valence-corrected chi connectivity index (χ3v) is 2.29. The largest absolute Gasteiger partial charge is 0.269 e. The summed E-state index contributed by atoms with van der Waals surface area (Å²) in [5, 5.41) is 10.5. The highest BCUT2D eigenvalue weighted by Gasteiger charge is 2.02. The van der Waals surface area contributed by atoms with Gasteiger partial charge in [0.25, 0.3) is 5.69 Å². The molecule has 0 unspecified atom stereocenters. The predicted octanol–water partition coefficient (Wildman–Crippen LogP) is 3.13. The Balaban J connectivity index is 2.25. The Labute approximate surface area is 103 Å². The molecule has 0 bridgehead atoms.